The quantitative estimate of drug-likeness (QED) is 0.612. The van der Waals surface area contributed by atoms with E-state index in [1.165, 1.54) is 0 Å². The largest absolute Gasteiger partial charge is 0.394 e. The highest BCUT2D eigenvalue weighted by Gasteiger charge is 1.81. The second-order valence-corrected chi connectivity index (χ2v) is 1.97. The van der Waals surface area contributed by atoms with Crippen molar-refractivity contribution in [3.8, 4) is 0 Å². The minimum absolute atomic E-state index is 0.116. The summed E-state index contributed by atoms with van der Waals surface area (Å²) in [5.74, 6) is 0. The van der Waals surface area contributed by atoms with Gasteiger partial charge in [-0.3, -0.25) is 0 Å². The smallest absolute Gasteiger partial charge is 0.0693 e. The van der Waals surface area contributed by atoms with Crippen molar-refractivity contribution >= 4 is 0 Å². The Bertz CT molecular complexity index is 44.1. The summed E-state index contributed by atoms with van der Waals surface area (Å²) in [6.45, 7) is 4.29. The molecule has 0 saturated carbocycles. The van der Waals surface area contributed by atoms with E-state index in [2.05, 4.69) is 4.74 Å². The van der Waals surface area contributed by atoms with E-state index in [-0.39, 0.29) is 12.7 Å². The zero-order valence-electron chi connectivity index (χ0n) is 7.00. The number of rotatable bonds is 3. The Labute approximate surface area is 62.6 Å². The Morgan fingerprint density at radius 3 is 1.90 bits per heavy atom. The number of hydrogen-bond donors (Lipinski definition) is 2. The van der Waals surface area contributed by atoms with Gasteiger partial charge in [-0.05, 0) is 13.3 Å². The molecule has 0 heterocycles. The normalized spacial score (nSPS) is 11.7. The predicted molar refractivity (Wildman–Crippen MR) is 40.9 cm³/mol. The van der Waals surface area contributed by atoms with E-state index in [4.69, 9.17) is 10.2 Å². The van der Waals surface area contributed by atoms with Gasteiger partial charge in [0.2, 0.25) is 0 Å². The van der Waals surface area contributed by atoms with Crippen molar-refractivity contribution in [2.24, 2.45) is 0 Å². The standard InChI is InChI=1S/C4H10O.C3H8O2/c1-3-4(2)5;1-5-3-2-4/h4-5H,3H2,1-2H3;4H,2-3H2,1H3. The molecule has 10 heavy (non-hydrogen) atoms. The van der Waals surface area contributed by atoms with Crippen LogP contribution in [0.5, 0.6) is 0 Å². The molecule has 64 valence electrons. The van der Waals surface area contributed by atoms with Gasteiger partial charge >= 0.3 is 0 Å². The maximum Gasteiger partial charge on any atom is 0.0693 e. The van der Waals surface area contributed by atoms with Gasteiger partial charge in [0, 0.05) is 7.11 Å². The van der Waals surface area contributed by atoms with Crippen molar-refractivity contribution < 1.29 is 14.9 Å². The Morgan fingerprint density at radius 1 is 1.50 bits per heavy atom. The summed E-state index contributed by atoms with van der Waals surface area (Å²) < 4.78 is 4.44. The maximum atomic E-state index is 8.36. The van der Waals surface area contributed by atoms with E-state index in [1.54, 1.807) is 14.0 Å². The van der Waals surface area contributed by atoms with Crippen molar-refractivity contribution in [2.75, 3.05) is 20.3 Å². The molecule has 1 unspecified atom stereocenters. The summed E-state index contributed by atoms with van der Waals surface area (Å²) >= 11 is 0. The van der Waals surface area contributed by atoms with Crippen molar-refractivity contribution in [2.45, 2.75) is 26.4 Å². The average Bonchev–Trinajstić information content (AvgIpc) is 1.91. The summed E-state index contributed by atoms with van der Waals surface area (Å²) in [5, 5.41) is 16.3. The molecule has 0 spiro atoms. The highest BCUT2D eigenvalue weighted by atomic mass is 16.5. The van der Waals surface area contributed by atoms with Crippen LogP contribution in [0.3, 0.4) is 0 Å². The van der Waals surface area contributed by atoms with Gasteiger partial charge in [0.1, 0.15) is 0 Å². The minimum atomic E-state index is -0.116. The molecule has 1 atom stereocenters. The summed E-state index contributed by atoms with van der Waals surface area (Å²) in [4.78, 5) is 0. The van der Waals surface area contributed by atoms with E-state index in [0.29, 0.717) is 6.61 Å². The fraction of sp³-hybridized carbons (Fsp3) is 1.00. The lowest BCUT2D eigenvalue weighted by Crippen LogP contribution is -1.93. The number of ether oxygens (including phenoxy) is 1. The van der Waals surface area contributed by atoms with E-state index in [9.17, 15) is 0 Å². The molecule has 0 saturated heterocycles. The third kappa shape index (κ3) is 24.8. The molecule has 0 aliphatic rings. The van der Waals surface area contributed by atoms with Gasteiger partial charge < -0.3 is 14.9 Å². The van der Waals surface area contributed by atoms with Gasteiger partial charge in [-0.15, -0.1) is 0 Å². The molecule has 0 aliphatic heterocycles. The van der Waals surface area contributed by atoms with Gasteiger partial charge in [-0.1, -0.05) is 6.92 Å². The number of methoxy groups -OCH3 is 1. The molecule has 0 radical (unpaired) electrons. The third-order valence-corrected chi connectivity index (χ3v) is 0.886. The second-order valence-electron chi connectivity index (χ2n) is 1.97. The van der Waals surface area contributed by atoms with E-state index in [0.717, 1.165) is 6.42 Å². The minimum Gasteiger partial charge on any atom is -0.394 e. The number of aliphatic hydroxyl groups is 2. The predicted octanol–water partition coefficient (Wildman–Crippen LogP) is 0.402. The molecule has 0 aromatic carbocycles. The van der Waals surface area contributed by atoms with Crippen LogP contribution in [0.4, 0.5) is 0 Å². The van der Waals surface area contributed by atoms with Crippen LogP contribution in [-0.2, 0) is 4.74 Å². The van der Waals surface area contributed by atoms with Crippen LogP contribution < -0.4 is 0 Å². The van der Waals surface area contributed by atoms with Crippen molar-refractivity contribution in [1.29, 1.82) is 0 Å². The van der Waals surface area contributed by atoms with Crippen molar-refractivity contribution in [1.82, 2.24) is 0 Å². The highest BCUT2D eigenvalue weighted by Crippen LogP contribution is 1.81. The highest BCUT2D eigenvalue weighted by molar-refractivity contribution is 4.34. The van der Waals surface area contributed by atoms with Crippen LogP contribution in [0.15, 0.2) is 0 Å². The summed E-state index contributed by atoms with van der Waals surface area (Å²) in [5.41, 5.74) is 0. The zero-order chi connectivity index (χ0) is 8.41. The SMILES string of the molecule is CCC(C)O.COCCO. The fourth-order valence-corrected chi connectivity index (χ4v) is 0.0913. The molecule has 0 fully saturated rings. The van der Waals surface area contributed by atoms with Gasteiger partial charge in [0.05, 0.1) is 19.3 Å². The zero-order valence-corrected chi connectivity index (χ0v) is 7.00. The first-order valence-corrected chi connectivity index (χ1v) is 3.46. The summed E-state index contributed by atoms with van der Waals surface area (Å²) in [6, 6.07) is 0. The average molecular weight is 150 g/mol. The first-order chi connectivity index (χ1) is 4.68. The number of hydrogen-bond acceptors (Lipinski definition) is 3. The molecule has 0 amide bonds. The maximum absolute atomic E-state index is 8.36. The summed E-state index contributed by atoms with van der Waals surface area (Å²) in [6.07, 6.45) is 0.745. The molecule has 0 aromatic rings. The van der Waals surface area contributed by atoms with E-state index in [1.807, 2.05) is 6.92 Å². The van der Waals surface area contributed by atoms with Gasteiger partial charge in [0.25, 0.3) is 0 Å². The second kappa shape index (κ2) is 11.6. The van der Waals surface area contributed by atoms with Crippen LogP contribution in [0, 0.1) is 0 Å². The molecule has 0 aromatic heterocycles. The first-order valence-electron chi connectivity index (χ1n) is 3.46. The third-order valence-electron chi connectivity index (χ3n) is 0.886. The Balaban J connectivity index is 0. The Morgan fingerprint density at radius 2 is 1.90 bits per heavy atom. The topological polar surface area (TPSA) is 49.7 Å². The van der Waals surface area contributed by atoms with Gasteiger partial charge in [0.15, 0.2) is 0 Å². The molecule has 0 bridgehead atoms. The van der Waals surface area contributed by atoms with Crippen molar-refractivity contribution in [3.63, 3.8) is 0 Å². The molecule has 0 aliphatic carbocycles. The lowest BCUT2D eigenvalue weighted by molar-refractivity contribution is 0.135. The van der Waals surface area contributed by atoms with Crippen molar-refractivity contribution in [3.05, 3.63) is 0 Å². The lowest BCUT2D eigenvalue weighted by atomic mass is 10.3. The van der Waals surface area contributed by atoms with Gasteiger partial charge in [-0.2, -0.15) is 0 Å². The van der Waals surface area contributed by atoms with Crippen LogP contribution in [0.25, 0.3) is 0 Å². The molecule has 3 heteroatoms. The van der Waals surface area contributed by atoms with Gasteiger partial charge in [-0.25, -0.2) is 0 Å². The van der Waals surface area contributed by atoms with E-state index >= 15 is 0 Å². The monoisotopic (exact) mass is 150 g/mol. The van der Waals surface area contributed by atoms with Crippen LogP contribution in [-0.4, -0.2) is 36.6 Å². The summed E-state index contributed by atoms with van der Waals surface area (Å²) in [7, 11) is 1.55. The Kier molecular flexibility index (Phi) is 14.6. The van der Waals surface area contributed by atoms with Crippen LogP contribution in [0.2, 0.25) is 0 Å². The fourth-order valence-electron chi connectivity index (χ4n) is 0.0913. The lowest BCUT2D eigenvalue weighted by Gasteiger charge is -1.90. The number of aliphatic hydroxyl groups excluding tert-OH is 2. The Hall–Kier alpha value is -0.120. The van der Waals surface area contributed by atoms with E-state index < -0.39 is 0 Å². The molecule has 2 N–H and O–H groups in total. The van der Waals surface area contributed by atoms with Crippen LogP contribution >= 0.6 is 0 Å². The molecule has 0 rings (SSSR count). The van der Waals surface area contributed by atoms with Crippen LogP contribution in [0.1, 0.15) is 20.3 Å². The molecular formula is C7H18O3. The molecule has 3 nitrogen and oxygen atoms in total. The first kappa shape index (κ1) is 12.5. The molecular weight excluding hydrogens is 132 g/mol.